The number of aromatic nitrogens is 2. The third-order valence-corrected chi connectivity index (χ3v) is 2.65. The highest BCUT2D eigenvalue weighted by molar-refractivity contribution is 5.98. The summed E-state index contributed by atoms with van der Waals surface area (Å²) in [6.45, 7) is 1.65. The lowest BCUT2D eigenvalue weighted by atomic mass is 10.2. The number of aryl methyl sites for hydroxylation is 1. The molecule has 0 amide bonds. The largest absolute Gasteiger partial charge is 0.437 e. The molecule has 2 aromatic rings. The first-order valence-electron chi connectivity index (χ1n) is 5.75. The summed E-state index contributed by atoms with van der Waals surface area (Å²) >= 11 is 0. The number of nitrogens with zero attached hydrogens (tertiary/aromatic N) is 4. The van der Waals surface area contributed by atoms with Gasteiger partial charge >= 0.3 is 0 Å². The van der Waals surface area contributed by atoms with Crippen LogP contribution >= 0.6 is 0 Å². The standard InChI is InChI=1S/C12H11N5O4/c1-7-6-8(17(19)20)2-3-10(7)21-12-9(11(13)16-18)4-5-14-15-12/h2-6,18H,1H3,(H2,13,16). The Labute approximate surface area is 118 Å². The van der Waals surface area contributed by atoms with Gasteiger partial charge in [0, 0.05) is 12.1 Å². The van der Waals surface area contributed by atoms with E-state index in [2.05, 4.69) is 15.4 Å². The lowest BCUT2D eigenvalue weighted by molar-refractivity contribution is -0.384. The van der Waals surface area contributed by atoms with Crippen molar-refractivity contribution in [3.05, 3.63) is 51.7 Å². The zero-order chi connectivity index (χ0) is 15.4. The molecule has 108 valence electrons. The van der Waals surface area contributed by atoms with Gasteiger partial charge in [0.2, 0.25) is 5.88 Å². The number of amidine groups is 1. The molecule has 0 aliphatic heterocycles. The summed E-state index contributed by atoms with van der Waals surface area (Å²) < 4.78 is 5.53. The smallest absolute Gasteiger partial charge is 0.269 e. The van der Waals surface area contributed by atoms with E-state index < -0.39 is 4.92 Å². The Morgan fingerprint density at radius 2 is 2.24 bits per heavy atom. The van der Waals surface area contributed by atoms with Crippen LogP contribution in [0.5, 0.6) is 11.6 Å². The van der Waals surface area contributed by atoms with Crippen molar-refractivity contribution in [2.75, 3.05) is 0 Å². The molecular formula is C12H11N5O4. The average Bonchev–Trinajstić information content (AvgIpc) is 2.49. The third kappa shape index (κ3) is 3.03. The van der Waals surface area contributed by atoms with Crippen molar-refractivity contribution in [1.29, 1.82) is 0 Å². The van der Waals surface area contributed by atoms with E-state index in [1.807, 2.05) is 0 Å². The molecule has 1 aromatic carbocycles. The fraction of sp³-hybridized carbons (Fsp3) is 0.0833. The molecule has 9 heteroatoms. The van der Waals surface area contributed by atoms with E-state index in [9.17, 15) is 10.1 Å². The second kappa shape index (κ2) is 5.82. The van der Waals surface area contributed by atoms with Crippen molar-refractivity contribution in [3.63, 3.8) is 0 Å². The van der Waals surface area contributed by atoms with Gasteiger partial charge in [-0.3, -0.25) is 10.1 Å². The van der Waals surface area contributed by atoms with E-state index in [0.717, 1.165) is 0 Å². The number of hydrogen-bond donors (Lipinski definition) is 2. The molecule has 3 N–H and O–H groups in total. The third-order valence-electron chi connectivity index (χ3n) is 2.65. The monoisotopic (exact) mass is 289 g/mol. The van der Waals surface area contributed by atoms with Crippen molar-refractivity contribution >= 4 is 11.5 Å². The molecule has 0 aliphatic rings. The first-order valence-corrected chi connectivity index (χ1v) is 5.75. The van der Waals surface area contributed by atoms with E-state index in [0.29, 0.717) is 11.3 Å². The van der Waals surface area contributed by atoms with E-state index in [1.54, 1.807) is 6.92 Å². The summed E-state index contributed by atoms with van der Waals surface area (Å²) in [6, 6.07) is 5.59. The molecule has 0 saturated carbocycles. The number of nitro groups is 1. The van der Waals surface area contributed by atoms with Gasteiger partial charge in [0.15, 0.2) is 5.84 Å². The van der Waals surface area contributed by atoms with Crippen LogP contribution in [0.1, 0.15) is 11.1 Å². The minimum atomic E-state index is -0.499. The highest BCUT2D eigenvalue weighted by atomic mass is 16.6. The van der Waals surface area contributed by atoms with Crippen LogP contribution in [0.3, 0.4) is 0 Å². The van der Waals surface area contributed by atoms with Gasteiger partial charge in [-0.1, -0.05) is 5.16 Å². The Morgan fingerprint density at radius 1 is 1.48 bits per heavy atom. The number of rotatable bonds is 4. The number of hydrogen-bond acceptors (Lipinski definition) is 7. The molecule has 0 saturated heterocycles. The minimum Gasteiger partial charge on any atom is -0.437 e. The van der Waals surface area contributed by atoms with Crippen molar-refractivity contribution in [1.82, 2.24) is 10.2 Å². The molecule has 9 nitrogen and oxygen atoms in total. The maximum Gasteiger partial charge on any atom is 0.269 e. The maximum absolute atomic E-state index is 10.7. The highest BCUT2D eigenvalue weighted by Gasteiger charge is 2.14. The van der Waals surface area contributed by atoms with Gasteiger partial charge in [0.05, 0.1) is 16.7 Å². The van der Waals surface area contributed by atoms with Crippen molar-refractivity contribution in [2.24, 2.45) is 10.9 Å². The van der Waals surface area contributed by atoms with E-state index >= 15 is 0 Å². The molecule has 0 aliphatic carbocycles. The Hall–Kier alpha value is -3.23. The van der Waals surface area contributed by atoms with Crippen molar-refractivity contribution in [2.45, 2.75) is 6.92 Å². The van der Waals surface area contributed by atoms with Gasteiger partial charge < -0.3 is 15.7 Å². The summed E-state index contributed by atoms with van der Waals surface area (Å²) in [7, 11) is 0. The predicted octanol–water partition coefficient (Wildman–Crippen LogP) is 1.58. The van der Waals surface area contributed by atoms with Crippen LogP contribution in [-0.2, 0) is 0 Å². The van der Waals surface area contributed by atoms with Crippen LogP contribution in [0.25, 0.3) is 0 Å². The predicted molar refractivity (Wildman–Crippen MR) is 72.5 cm³/mol. The summed E-state index contributed by atoms with van der Waals surface area (Å²) in [4.78, 5) is 10.2. The van der Waals surface area contributed by atoms with E-state index in [4.69, 9.17) is 15.7 Å². The minimum absolute atomic E-state index is 0.0322. The van der Waals surface area contributed by atoms with Gasteiger partial charge in [-0.05, 0) is 24.6 Å². The van der Waals surface area contributed by atoms with Gasteiger partial charge in [0.25, 0.3) is 5.69 Å². The molecule has 0 radical (unpaired) electrons. The Kier molecular flexibility index (Phi) is 3.93. The molecule has 2 rings (SSSR count). The summed E-state index contributed by atoms with van der Waals surface area (Å²) in [5, 5.41) is 29.7. The molecule has 0 bridgehead atoms. The second-order valence-corrected chi connectivity index (χ2v) is 4.04. The Bertz CT molecular complexity index is 717. The van der Waals surface area contributed by atoms with Crippen LogP contribution in [0.4, 0.5) is 5.69 Å². The summed E-state index contributed by atoms with van der Waals surface area (Å²) in [6.07, 6.45) is 1.36. The first-order chi connectivity index (χ1) is 10.0. The first kappa shape index (κ1) is 14.2. The van der Waals surface area contributed by atoms with Gasteiger partial charge in [-0.15, -0.1) is 5.10 Å². The highest BCUT2D eigenvalue weighted by Crippen LogP contribution is 2.28. The lowest BCUT2D eigenvalue weighted by Gasteiger charge is -2.09. The van der Waals surface area contributed by atoms with Crippen LogP contribution in [0, 0.1) is 17.0 Å². The number of non-ortho nitro benzene ring substituents is 1. The zero-order valence-electron chi connectivity index (χ0n) is 10.9. The molecule has 1 aromatic heterocycles. The fourth-order valence-corrected chi connectivity index (χ4v) is 1.61. The fourth-order valence-electron chi connectivity index (χ4n) is 1.61. The molecule has 0 spiro atoms. The van der Waals surface area contributed by atoms with E-state index in [1.165, 1.54) is 30.5 Å². The zero-order valence-corrected chi connectivity index (χ0v) is 10.9. The number of nitrogens with two attached hydrogens (primary N) is 1. The molecule has 0 fully saturated rings. The topological polar surface area (TPSA) is 137 Å². The van der Waals surface area contributed by atoms with Gasteiger partial charge in [0.1, 0.15) is 5.75 Å². The van der Waals surface area contributed by atoms with Gasteiger partial charge in [-0.25, -0.2) is 0 Å². The molecule has 0 atom stereocenters. The van der Waals surface area contributed by atoms with Crippen molar-refractivity contribution < 1.29 is 14.9 Å². The number of ether oxygens (including phenoxy) is 1. The average molecular weight is 289 g/mol. The number of benzene rings is 1. The van der Waals surface area contributed by atoms with Crippen LogP contribution in [0.15, 0.2) is 35.6 Å². The molecule has 0 unspecified atom stereocenters. The number of oxime groups is 1. The molecule has 1 heterocycles. The molecule has 21 heavy (non-hydrogen) atoms. The number of nitro benzene ring substituents is 1. The molecular weight excluding hydrogens is 278 g/mol. The summed E-state index contributed by atoms with van der Waals surface area (Å²) in [5.74, 6) is 0.206. The quantitative estimate of drug-likeness (QED) is 0.286. The van der Waals surface area contributed by atoms with Gasteiger partial charge in [-0.2, -0.15) is 5.10 Å². The van der Waals surface area contributed by atoms with Crippen LogP contribution in [0.2, 0.25) is 0 Å². The van der Waals surface area contributed by atoms with Crippen LogP contribution in [-0.4, -0.2) is 26.2 Å². The summed E-state index contributed by atoms with van der Waals surface area (Å²) in [5.41, 5.74) is 6.26. The Morgan fingerprint density at radius 3 is 2.86 bits per heavy atom. The normalized spacial score (nSPS) is 11.2. The lowest BCUT2D eigenvalue weighted by Crippen LogP contribution is -2.15. The second-order valence-electron chi connectivity index (χ2n) is 4.04. The Balaban J connectivity index is 2.37. The van der Waals surface area contributed by atoms with Crippen molar-refractivity contribution in [3.8, 4) is 11.6 Å². The SMILES string of the molecule is Cc1cc([N+](=O)[O-])ccc1Oc1nnccc1/C(N)=N/O. The van der Waals surface area contributed by atoms with E-state index in [-0.39, 0.29) is 23.0 Å². The maximum atomic E-state index is 10.7. The van der Waals surface area contributed by atoms with Crippen LogP contribution < -0.4 is 10.5 Å².